The highest BCUT2D eigenvalue weighted by Gasteiger charge is 2.29. The lowest BCUT2D eigenvalue weighted by Gasteiger charge is -2.33. The van der Waals surface area contributed by atoms with Crippen LogP contribution in [-0.4, -0.2) is 43.5 Å². The monoisotopic (exact) mass is 309 g/mol. The van der Waals surface area contributed by atoms with Crippen molar-refractivity contribution in [2.45, 2.75) is 26.8 Å². The van der Waals surface area contributed by atoms with Gasteiger partial charge in [0, 0.05) is 12.5 Å². The van der Waals surface area contributed by atoms with Crippen molar-refractivity contribution in [2.75, 3.05) is 32.7 Å². The van der Waals surface area contributed by atoms with Crippen molar-refractivity contribution in [3.05, 3.63) is 22.4 Å². The quantitative estimate of drug-likeness (QED) is 0.773. The maximum Gasteiger partial charge on any atom is 0.223 e. The van der Waals surface area contributed by atoms with E-state index in [1.807, 2.05) is 6.92 Å². The zero-order valence-electron chi connectivity index (χ0n) is 13.3. The van der Waals surface area contributed by atoms with Crippen molar-refractivity contribution in [1.82, 2.24) is 15.5 Å². The SMILES string of the molecule is CCN(CC)C(CNC(=O)C(C)C1CNC1)c1ccsc1. The molecule has 2 unspecified atom stereocenters. The first-order valence-electron chi connectivity index (χ1n) is 7.91. The van der Waals surface area contributed by atoms with E-state index in [2.05, 4.69) is 46.2 Å². The number of hydrogen-bond donors (Lipinski definition) is 2. The maximum atomic E-state index is 12.3. The molecule has 118 valence electrons. The Morgan fingerprint density at radius 3 is 2.67 bits per heavy atom. The van der Waals surface area contributed by atoms with E-state index in [1.54, 1.807) is 11.3 Å². The summed E-state index contributed by atoms with van der Waals surface area (Å²) in [4.78, 5) is 14.7. The summed E-state index contributed by atoms with van der Waals surface area (Å²) < 4.78 is 0. The van der Waals surface area contributed by atoms with E-state index in [0.717, 1.165) is 26.2 Å². The molecule has 4 nitrogen and oxygen atoms in total. The summed E-state index contributed by atoms with van der Waals surface area (Å²) in [5.74, 6) is 0.790. The number of hydrogen-bond acceptors (Lipinski definition) is 4. The first-order valence-corrected chi connectivity index (χ1v) is 8.86. The highest BCUT2D eigenvalue weighted by Crippen LogP contribution is 2.23. The topological polar surface area (TPSA) is 44.4 Å². The van der Waals surface area contributed by atoms with E-state index in [1.165, 1.54) is 5.56 Å². The molecule has 21 heavy (non-hydrogen) atoms. The molecule has 2 rings (SSSR count). The molecule has 1 fully saturated rings. The molecular weight excluding hydrogens is 282 g/mol. The molecule has 2 atom stereocenters. The van der Waals surface area contributed by atoms with E-state index in [0.29, 0.717) is 12.5 Å². The van der Waals surface area contributed by atoms with Gasteiger partial charge in [-0.2, -0.15) is 11.3 Å². The van der Waals surface area contributed by atoms with Crippen LogP contribution in [0.15, 0.2) is 16.8 Å². The van der Waals surface area contributed by atoms with Gasteiger partial charge in [0.15, 0.2) is 0 Å². The van der Waals surface area contributed by atoms with Gasteiger partial charge in [0.2, 0.25) is 5.91 Å². The maximum absolute atomic E-state index is 12.3. The molecule has 0 spiro atoms. The second kappa shape index (κ2) is 7.92. The fourth-order valence-corrected chi connectivity index (χ4v) is 3.53. The lowest BCUT2D eigenvalue weighted by Crippen LogP contribution is -2.50. The number of thiophene rings is 1. The third-order valence-electron chi connectivity index (χ3n) is 4.58. The Bertz CT molecular complexity index is 427. The Morgan fingerprint density at radius 2 is 2.19 bits per heavy atom. The van der Waals surface area contributed by atoms with Gasteiger partial charge in [0.1, 0.15) is 0 Å². The van der Waals surface area contributed by atoms with E-state index < -0.39 is 0 Å². The third-order valence-corrected chi connectivity index (χ3v) is 5.29. The number of rotatable bonds is 8. The Labute approximate surface area is 131 Å². The van der Waals surface area contributed by atoms with Crippen molar-refractivity contribution in [3.8, 4) is 0 Å². The van der Waals surface area contributed by atoms with Gasteiger partial charge in [-0.3, -0.25) is 9.69 Å². The van der Waals surface area contributed by atoms with Crippen LogP contribution in [0.1, 0.15) is 32.4 Å². The van der Waals surface area contributed by atoms with Crippen LogP contribution < -0.4 is 10.6 Å². The first-order chi connectivity index (χ1) is 10.2. The largest absolute Gasteiger partial charge is 0.354 e. The van der Waals surface area contributed by atoms with Gasteiger partial charge in [-0.15, -0.1) is 0 Å². The molecule has 1 aliphatic heterocycles. The highest BCUT2D eigenvalue weighted by molar-refractivity contribution is 7.07. The molecule has 0 bridgehead atoms. The molecule has 1 amide bonds. The van der Waals surface area contributed by atoms with Gasteiger partial charge in [-0.05, 0) is 54.5 Å². The number of nitrogens with zero attached hydrogens (tertiary/aromatic N) is 1. The fourth-order valence-electron chi connectivity index (χ4n) is 2.82. The first kappa shape index (κ1) is 16.5. The number of nitrogens with one attached hydrogen (secondary N) is 2. The summed E-state index contributed by atoms with van der Waals surface area (Å²) in [6.45, 7) is 11.0. The van der Waals surface area contributed by atoms with Gasteiger partial charge in [-0.1, -0.05) is 20.8 Å². The van der Waals surface area contributed by atoms with Crippen molar-refractivity contribution in [3.63, 3.8) is 0 Å². The Hall–Kier alpha value is -0.910. The van der Waals surface area contributed by atoms with Crippen molar-refractivity contribution < 1.29 is 4.79 Å². The van der Waals surface area contributed by atoms with Crippen LogP contribution in [0.2, 0.25) is 0 Å². The van der Waals surface area contributed by atoms with Crippen molar-refractivity contribution in [2.24, 2.45) is 11.8 Å². The molecule has 1 saturated heterocycles. The van der Waals surface area contributed by atoms with Crippen LogP contribution in [-0.2, 0) is 4.79 Å². The van der Waals surface area contributed by atoms with Crippen molar-refractivity contribution in [1.29, 1.82) is 0 Å². The predicted octanol–water partition coefficient (Wildman–Crippen LogP) is 2.10. The molecule has 5 heteroatoms. The van der Waals surface area contributed by atoms with E-state index in [9.17, 15) is 4.79 Å². The van der Waals surface area contributed by atoms with Gasteiger partial charge < -0.3 is 10.6 Å². The molecule has 0 radical (unpaired) electrons. The van der Waals surface area contributed by atoms with Crippen LogP contribution >= 0.6 is 11.3 Å². The van der Waals surface area contributed by atoms with Crippen LogP contribution in [0.4, 0.5) is 0 Å². The summed E-state index contributed by atoms with van der Waals surface area (Å²) in [7, 11) is 0. The molecule has 2 N–H and O–H groups in total. The van der Waals surface area contributed by atoms with Gasteiger partial charge in [-0.25, -0.2) is 0 Å². The lowest BCUT2D eigenvalue weighted by atomic mass is 9.88. The van der Waals surface area contributed by atoms with Crippen molar-refractivity contribution >= 4 is 17.2 Å². The number of likely N-dealkylation sites (N-methyl/N-ethyl adjacent to an activating group) is 1. The zero-order valence-corrected chi connectivity index (χ0v) is 14.1. The summed E-state index contributed by atoms with van der Waals surface area (Å²) in [6.07, 6.45) is 0. The van der Waals surface area contributed by atoms with E-state index in [4.69, 9.17) is 0 Å². The lowest BCUT2D eigenvalue weighted by molar-refractivity contribution is -0.127. The average molecular weight is 309 g/mol. The summed E-state index contributed by atoms with van der Waals surface area (Å²) in [6, 6.07) is 2.45. The van der Waals surface area contributed by atoms with Gasteiger partial charge in [0.25, 0.3) is 0 Å². The molecule has 1 aromatic rings. The summed E-state index contributed by atoms with van der Waals surface area (Å²) >= 11 is 1.72. The minimum Gasteiger partial charge on any atom is -0.354 e. The van der Waals surface area contributed by atoms with Crippen LogP contribution in [0.5, 0.6) is 0 Å². The predicted molar refractivity (Wildman–Crippen MR) is 88.5 cm³/mol. The van der Waals surface area contributed by atoms with Gasteiger partial charge in [0.05, 0.1) is 6.04 Å². The molecule has 1 aromatic heterocycles. The van der Waals surface area contributed by atoms with Gasteiger partial charge >= 0.3 is 0 Å². The summed E-state index contributed by atoms with van der Waals surface area (Å²) in [5, 5.41) is 10.7. The highest BCUT2D eigenvalue weighted by atomic mass is 32.1. The smallest absolute Gasteiger partial charge is 0.223 e. The fraction of sp³-hybridized carbons (Fsp3) is 0.688. The Morgan fingerprint density at radius 1 is 1.48 bits per heavy atom. The summed E-state index contributed by atoms with van der Waals surface area (Å²) in [5.41, 5.74) is 1.31. The average Bonchev–Trinajstić information content (AvgIpc) is 2.94. The molecule has 1 aliphatic rings. The Balaban J connectivity index is 1.93. The molecule has 2 heterocycles. The van der Waals surface area contributed by atoms with E-state index >= 15 is 0 Å². The van der Waals surface area contributed by atoms with Crippen LogP contribution in [0.3, 0.4) is 0 Å². The minimum atomic E-state index is 0.103. The number of carbonyl (C=O) groups is 1. The van der Waals surface area contributed by atoms with E-state index in [-0.39, 0.29) is 17.9 Å². The molecule has 0 saturated carbocycles. The normalized spacial score (nSPS) is 18.3. The second-order valence-electron chi connectivity index (χ2n) is 5.75. The molecular formula is C16H27N3OS. The number of amides is 1. The third kappa shape index (κ3) is 4.05. The Kier molecular flexibility index (Phi) is 6.21. The minimum absolute atomic E-state index is 0.103. The zero-order chi connectivity index (χ0) is 15.2. The standard InChI is InChI=1S/C16H27N3OS/c1-4-19(5-2)15(13-6-7-21-11-13)10-18-16(20)12(3)14-8-17-9-14/h6-7,11-12,14-15,17H,4-5,8-10H2,1-3H3,(H,18,20). The molecule has 0 aromatic carbocycles. The number of carbonyl (C=O) groups excluding carboxylic acids is 1. The molecule has 0 aliphatic carbocycles. The van der Waals surface area contributed by atoms with Crippen LogP contribution in [0.25, 0.3) is 0 Å². The second-order valence-corrected chi connectivity index (χ2v) is 6.53. The van der Waals surface area contributed by atoms with Crippen LogP contribution in [0, 0.1) is 11.8 Å².